The van der Waals surface area contributed by atoms with E-state index in [0.717, 1.165) is 106 Å². The Kier molecular flexibility index (Phi) is 11.8. The van der Waals surface area contributed by atoms with Gasteiger partial charge in [0.25, 0.3) is 15.9 Å². The van der Waals surface area contributed by atoms with Crippen LogP contribution in [0.5, 0.6) is 5.75 Å². The van der Waals surface area contributed by atoms with Gasteiger partial charge in [0.15, 0.2) is 5.69 Å². The van der Waals surface area contributed by atoms with Crippen molar-refractivity contribution in [1.82, 2.24) is 34.3 Å². The molecular weight excluding hydrogens is 862 g/mol. The Hall–Kier alpha value is -5.61. The summed E-state index contributed by atoms with van der Waals surface area (Å²) in [6.07, 6.45) is 11.2. The van der Waals surface area contributed by atoms with Crippen LogP contribution < -0.4 is 14.4 Å². The summed E-state index contributed by atoms with van der Waals surface area (Å²) in [6, 6.07) is 22.1. The topological polar surface area (TPSA) is 158 Å². The number of fused-ring (bicyclic) bond motifs is 2. The largest absolute Gasteiger partial charge is 0.491 e. The number of aromatic amines is 1. The van der Waals surface area contributed by atoms with E-state index in [0.29, 0.717) is 34.9 Å². The highest BCUT2D eigenvalue weighted by Gasteiger charge is 2.33. The standard InChI is InChI=1S/C49H54ClN9O5S/c1-49(2)17-13-35(41(28-49)33-3-5-36(50)6-4-33)30-56-21-23-58(24-22-56)38-9-11-40(44(26-38)59-45-25-34-14-18-51-47(34)53-43(45)29-52-59)48(60)55-65(62,63)39-10-12-46(42(27-39)54-61)64-31-32-15-19-57(20-16-32)37-7-8-37/h3-6,9-12,14,18,25-27,29,32,37H,7-8,13,15-17,19-24,28,30-31H2,1-2H3,(H,51,53)(H,55,60). The van der Waals surface area contributed by atoms with Crippen molar-refractivity contribution >= 4 is 66.5 Å². The molecule has 338 valence electrons. The number of nitrogens with zero attached hydrogens (tertiary/aromatic N) is 7. The molecule has 0 spiro atoms. The monoisotopic (exact) mass is 915 g/mol. The van der Waals surface area contributed by atoms with Gasteiger partial charge in [0.1, 0.15) is 16.9 Å². The van der Waals surface area contributed by atoms with Crippen LogP contribution >= 0.6 is 11.6 Å². The summed E-state index contributed by atoms with van der Waals surface area (Å²) in [4.78, 5) is 41.2. The second-order valence-corrected chi connectivity index (χ2v) is 21.1. The summed E-state index contributed by atoms with van der Waals surface area (Å²) in [7, 11) is -4.46. The van der Waals surface area contributed by atoms with Crippen molar-refractivity contribution < 1.29 is 17.9 Å². The lowest BCUT2D eigenvalue weighted by molar-refractivity contribution is 0.0981. The third-order valence-electron chi connectivity index (χ3n) is 13.8. The molecule has 2 N–H and O–H groups in total. The number of nitroso groups, excluding NO2 is 1. The number of piperazine rings is 1. The second-order valence-electron chi connectivity index (χ2n) is 18.9. The van der Waals surface area contributed by atoms with Crippen LogP contribution in [-0.4, -0.2) is 102 Å². The number of carbonyl (C=O) groups is 1. The number of pyridine rings is 1. The van der Waals surface area contributed by atoms with Gasteiger partial charge in [-0.1, -0.05) is 43.2 Å². The lowest BCUT2D eigenvalue weighted by Crippen LogP contribution is -2.47. The fraction of sp³-hybridized carbons (Fsp3) is 0.408. The molecule has 2 saturated heterocycles. The van der Waals surface area contributed by atoms with Crippen LogP contribution in [0.4, 0.5) is 11.4 Å². The number of nitrogens with one attached hydrogen (secondary N) is 2. The second kappa shape index (κ2) is 17.6. The smallest absolute Gasteiger partial charge is 0.267 e. The van der Waals surface area contributed by atoms with Gasteiger partial charge in [-0.2, -0.15) is 5.10 Å². The molecule has 2 aliphatic heterocycles. The van der Waals surface area contributed by atoms with E-state index < -0.39 is 15.9 Å². The van der Waals surface area contributed by atoms with E-state index in [9.17, 15) is 18.1 Å². The fourth-order valence-corrected chi connectivity index (χ4v) is 10.9. The first-order valence-corrected chi connectivity index (χ1v) is 24.6. The van der Waals surface area contributed by atoms with Crippen molar-refractivity contribution in [2.75, 3.05) is 57.3 Å². The van der Waals surface area contributed by atoms with E-state index in [2.05, 4.69) is 60.7 Å². The van der Waals surface area contributed by atoms with Crippen molar-refractivity contribution in [3.8, 4) is 11.4 Å². The molecule has 0 unspecified atom stereocenters. The van der Waals surface area contributed by atoms with E-state index in [1.165, 1.54) is 41.7 Å². The normalized spacial score (nSPS) is 19.0. The van der Waals surface area contributed by atoms with Gasteiger partial charge in [0.05, 0.1) is 34.5 Å². The van der Waals surface area contributed by atoms with Gasteiger partial charge in [0.2, 0.25) is 0 Å². The van der Waals surface area contributed by atoms with Crippen LogP contribution in [0, 0.1) is 16.2 Å². The number of hydrogen-bond donors (Lipinski definition) is 2. The molecule has 1 saturated carbocycles. The molecule has 1 amide bonds. The molecule has 10 rings (SSSR count). The maximum Gasteiger partial charge on any atom is 0.267 e. The zero-order valence-corrected chi connectivity index (χ0v) is 38.4. The third kappa shape index (κ3) is 9.29. The van der Waals surface area contributed by atoms with Crippen LogP contribution in [0.1, 0.15) is 74.7 Å². The number of amides is 1. The minimum absolute atomic E-state index is 0.0958. The predicted octanol–water partition coefficient (Wildman–Crippen LogP) is 9.11. The molecule has 3 aromatic heterocycles. The summed E-state index contributed by atoms with van der Waals surface area (Å²) >= 11 is 6.27. The SMILES string of the molecule is CC1(C)CCC(CN2CCN(c3ccc(C(=O)NS(=O)(=O)c4ccc(OCC5CCN(C6CC6)CC5)c(N=O)c4)c(-n4ncc5nc6[nH]ccc6cc54)c3)CC2)=C(c2ccc(Cl)cc2)C1. The number of aromatic nitrogens is 4. The van der Waals surface area contributed by atoms with Crippen molar-refractivity contribution in [3.63, 3.8) is 0 Å². The van der Waals surface area contributed by atoms with Crippen LogP contribution in [0.25, 0.3) is 33.3 Å². The van der Waals surface area contributed by atoms with Gasteiger partial charge in [0, 0.05) is 61.1 Å². The fourth-order valence-electron chi connectivity index (χ4n) is 9.82. The van der Waals surface area contributed by atoms with Crippen LogP contribution in [0.2, 0.25) is 5.02 Å². The number of benzene rings is 3. The summed E-state index contributed by atoms with van der Waals surface area (Å²) in [6.45, 7) is 11.3. The average molecular weight is 917 g/mol. The number of rotatable bonds is 13. The average Bonchev–Trinajstić information content (AvgIpc) is 3.93. The van der Waals surface area contributed by atoms with Gasteiger partial charge in [-0.15, -0.1) is 4.91 Å². The Morgan fingerprint density at radius 2 is 1.74 bits per heavy atom. The number of piperidine rings is 1. The third-order valence-corrected chi connectivity index (χ3v) is 15.4. The lowest BCUT2D eigenvalue weighted by Gasteiger charge is -2.39. The van der Waals surface area contributed by atoms with Crippen LogP contribution in [-0.2, 0) is 10.0 Å². The Bertz CT molecular complexity index is 2910. The highest BCUT2D eigenvalue weighted by Crippen LogP contribution is 2.43. The van der Waals surface area contributed by atoms with Gasteiger partial charge in [-0.3, -0.25) is 9.69 Å². The number of ether oxygens (including phenoxy) is 1. The molecular formula is C49H54ClN9O5S. The number of hydrogen-bond acceptors (Lipinski definition) is 11. The molecule has 0 bridgehead atoms. The first-order valence-electron chi connectivity index (χ1n) is 22.7. The Morgan fingerprint density at radius 1 is 0.954 bits per heavy atom. The first kappa shape index (κ1) is 43.3. The summed E-state index contributed by atoms with van der Waals surface area (Å²) in [5.74, 6) is -0.308. The summed E-state index contributed by atoms with van der Waals surface area (Å²) < 4.78 is 37.7. The van der Waals surface area contributed by atoms with E-state index in [1.54, 1.807) is 16.9 Å². The van der Waals surface area contributed by atoms with Gasteiger partial charge >= 0.3 is 0 Å². The van der Waals surface area contributed by atoms with Crippen molar-refractivity contribution in [2.45, 2.75) is 69.7 Å². The highest BCUT2D eigenvalue weighted by molar-refractivity contribution is 7.90. The van der Waals surface area contributed by atoms with E-state index in [-0.39, 0.29) is 27.3 Å². The Balaban J connectivity index is 0.880. The van der Waals surface area contributed by atoms with Gasteiger partial charge in [-0.25, -0.2) is 22.8 Å². The molecule has 6 aromatic rings. The van der Waals surface area contributed by atoms with Gasteiger partial charge < -0.3 is 19.5 Å². The molecule has 65 heavy (non-hydrogen) atoms. The number of sulfonamides is 1. The van der Waals surface area contributed by atoms with Crippen molar-refractivity contribution in [1.29, 1.82) is 0 Å². The zero-order valence-electron chi connectivity index (χ0n) is 36.8. The minimum atomic E-state index is -4.46. The zero-order chi connectivity index (χ0) is 44.9. The molecule has 16 heteroatoms. The number of carbonyl (C=O) groups excluding carboxylic acids is 1. The molecule has 14 nitrogen and oxygen atoms in total. The Labute approximate surface area is 384 Å². The predicted molar refractivity (Wildman–Crippen MR) is 255 cm³/mol. The van der Waals surface area contributed by atoms with E-state index >= 15 is 0 Å². The maximum atomic E-state index is 14.2. The summed E-state index contributed by atoms with van der Waals surface area (Å²) in [5.41, 5.74) is 7.58. The van der Waals surface area contributed by atoms with Crippen molar-refractivity contribution in [2.24, 2.45) is 16.5 Å². The molecule has 5 heterocycles. The quantitative estimate of drug-likeness (QED) is 0.107. The molecule has 0 atom stereocenters. The molecule has 3 fully saturated rings. The van der Waals surface area contributed by atoms with Crippen molar-refractivity contribution in [3.05, 3.63) is 112 Å². The first-order chi connectivity index (χ1) is 31.4. The lowest BCUT2D eigenvalue weighted by atomic mass is 9.72. The van der Waals surface area contributed by atoms with Crippen LogP contribution in [0.15, 0.2) is 101 Å². The van der Waals surface area contributed by atoms with Crippen LogP contribution in [0.3, 0.4) is 0 Å². The highest BCUT2D eigenvalue weighted by atomic mass is 35.5. The number of likely N-dealkylation sites (tertiary alicyclic amines) is 1. The number of H-pyrrole nitrogens is 1. The molecule has 0 radical (unpaired) electrons. The molecule has 2 aliphatic carbocycles. The Morgan fingerprint density at radius 3 is 2.49 bits per heavy atom. The summed E-state index contributed by atoms with van der Waals surface area (Å²) in [5, 5.41) is 9.38. The minimum Gasteiger partial charge on any atom is -0.491 e. The van der Waals surface area contributed by atoms with E-state index in [1.807, 2.05) is 42.6 Å². The van der Waals surface area contributed by atoms with Gasteiger partial charge in [-0.05, 0) is 146 Å². The van der Waals surface area contributed by atoms with E-state index in [4.69, 9.17) is 21.3 Å². The maximum absolute atomic E-state index is 14.2. The number of anilines is 1. The number of halogens is 1. The number of allylic oxidation sites excluding steroid dienone is 1. The molecule has 3 aromatic carbocycles. The molecule has 4 aliphatic rings.